The monoisotopic (exact) mass is 439 g/mol. The van der Waals surface area contributed by atoms with Crippen molar-refractivity contribution >= 4 is 38.3 Å². The Morgan fingerprint density at radius 3 is 2.16 bits per heavy atom. The van der Waals surface area contributed by atoms with Gasteiger partial charge in [-0.1, -0.05) is 30.3 Å². The predicted molar refractivity (Wildman–Crippen MR) is 121 cm³/mol. The molecule has 0 aliphatic heterocycles. The van der Waals surface area contributed by atoms with Gasteiger partial charge in [0.1, 0.15) is 0 Å². The molecule has 0 aromatic heterocycles. The second-order valence-electron chi connectivity index (χ2n) is 6.94. The molecular formula is C23H25N3O4S. The van der Waals surface area contributed by atoms with Gasteiger partial charge in [0.2, 0.25) is 5.91 Å². The molecule has 31 heavy (non-hydrogen) atoms. The molecule has 0 fully saturated rings. The lowest BCUT2D eigenvalue weighted by atomic mass is 10.1. The Balaban J connectivity index is 1.66. The number of anilines is 1. The molecule has 0 bridgehead atoms. The molecule has 2 N–H and O–H groups in total. The minimum atomic E-state index is -3.78. The van der Waals surface area contributed by atoms with E-state index in [0.717, 1.165) is 10.8 Å². The summed E-state index contributed by atoms with van der Waals surface area (Å²) < 4.78 is 28.0. The average Bonchev–Trinajstić information content (AvgIpc) is 2.78. The van der Waals surface area contributed by atoms with Gasteiger partial charge in [-0.3, -0.25) is 14.3 Å². The van der Waals surface area contributed by atoms with Crippen LogP contribution in [-0.2, 0) is 14.8 Å². The van der Waals surface area contributed by atoms with Gasteiger partial charge < -0.3 is 10.2 Å². The molecule has 0 heterocycles. The Kier molecular flexibility index (Phi) is 6.91. The minimum absolute atomic E-state index is 0.0865. The molecule has 8 heteroatoms. The van der Waals surface area contributed by atoms with Gasteiger partial charge >= 0.3 is 0 Å². The average molecular weight is 440 g/mol. The summed E-state index contributed by atoms with van der Waals surface area (Å²) in [7, 11) is -3.78. The summed E-state index contributed by atoms with van der Waals surface area (Å²) in [4.78, 5) is 26.1. The van der Waals surface area contributed by atoms with Crippen molar-refractivity contribution in [3.8, 4) is 0 Å². The lowest BCUT2D eigenvalue weighted by Crippen LogP contribution is -2.39. The molecule has 0 radical (unpaired) electrons. The van der Waals surface area contributed by atoms with Gasteiger partial charge in [-0.2, -0.15) is 0 Å². The van der Waals surface area contributed by atoms with Crippen molar-refractivity contribution < 1.29 is 18.0 Å². The van der Waals surface area contributed by atoms with E-state index in [9.17, 15) is 18.0 Å². The third kappa shape index (κ3) is 5.40. The number of hydrogen-bond donors (Lipinski definition) is 2. The number of benzene rings is 3. The predicted octanol–water partition coefficient (Wildman–Crippen LogP) is 3.24. The van der Waals surface area contributed by atoms with Gasteiger partial charge in [-0.15, -0.1) is 0 Å². The number of sulfonamides is 1. The lowest BCUT2D eigenvalue weighted by molar-refractivity contribution is -0.129. The summed E-state index contributed by atoms with van der Waals surface area (Å²) in [5.74, 6) is -0.553. The topological polar surface area (TPSA) is 95.6 Å². The molecule has 0 aliphatic rings. The highest BCUT2D eigenvalue weighted by Crippen LogP contribution is 2.21. The molecule has 3 aromatic rings. The van der Waals surface area contributed by atoms with E-state index < -0.39 is 15.9 Å². The minimum Gasteiger partial charge on any atom is -0.343 e. The second-order valence-corrected chi connectivity index (χ2v) is 8.62. The normalized spacial score (nSPS) is 11.2. The largest absolute Gasteiger partial charge is 0.343 e. The van der Waals surface area contributed by atoms with Crippen LogP contribution in [0.5, 0.6) is 0 Å². The molecule has 0 saturated heterocycles. The standard InChI is InChI=1S/C23H25N3O4S/c1-3-26(4-2)22(27)16-24-23(28)18-9-12-20(13-10-18)25-31(29,30)21-14-11-17-7-5-6-8-19(17)15-21/h5-15,25H,3-4,16H2,1-2H3,(H,24,28). The zero-order valence-corrected chi connectivity index (χ0v) is 18.3. The van der Waals surface area contributed by atoms with E-state index >= 15 is 0 Å². The fourth-order valence-corrected chi connectivity index (χ4v) is 4.28. The number of carbonyl (C=O) groups excluding carboxylic acids is 2. The summed E-state index contributed by atoms with van der Waals surface area (Å²) in [6.45, 7) is 4.83. The van der Waals surface area contributed by atoms with E-state index in [1.54, 1.807) is 23.1 Å². The zero-order valence-electron chi connectivity index (χ0n) is 17.5. The van der Waals surface area contributed by atoms with Crippen molar-refractivity contribution in [2.75, 3.05) is 24.4 Å². The fourth-order valence-electron chi connectivity index (χ4n) is 3.18. The fraction of sp³-hybridized carbons (Fsp3) is 0.217. The Bertz CT molecular complexity index is 1190. The molecule has 0 aliphatic carbocycles. The highest BCUT2D eigenvalue weighted by Gasteiger charge is 2.16. The van der Waals surface area contributed by atoms with Crippen molar-refractivity contribution in [2.24, 2.45) is 0 Å². The summed E-state index contributed by atoms with van der Waals surface area (Å²) in [5, 5.41) is 4.37. The third-order valence-corrected chi connectivity index (χ3v) is 6.33. The van der Waals surface area contributed by atoms with E-state index in [0.29, 0.717) is 24.3 Å². The first-order valence-corrected chi connectivity index (χ1v) is 11.5. The first-order valence-electron chi connectivity index (χ1n) is 10.0. The van der Waals surface area contributed by atoms with Crippen LogP contribution >= 0.6 is 0 Å². The molecule has 0 spiro atoms. The van der Waals surface area contributed by atoms with Crippen LogP contribution in [0.15, 0.2) is 71.6 Å². The smallest absolute Gasteiger partial charge is 0.261 e. The van der Waals surface area contributed by atoms with Gasteiger partial charge in [0, 0.05) is 24.3 Å². The van der Waals surface area contributed by atoms with Gasteiger partial charge in [0.05, 0.1) is 11.4 Å². The van der Waals surface area contributed by atoms with Crippen LogP contribution in [-0.4, -0.2) is 44.8 Å². The van der Waals surface area contributed by atoms with E-state index in [1.165, 1.54) is 24.3 Å². The maximum atomic E-state index is 12.7. The van der Waals surface area contributed by atoms with E-state index in [2.05, 4.69) is 10.0 Å². The van der Waals surface area contributed by atoms with Crippen LogP contribution in [0.1, 0.15) is 24.2 Å². The Labute approximate surface area is 182 Å². The Morgan fingerprint density at radius 2 is 1.52 bits per heavy atom. The van der Waals surface area contributed by atoms with Crippen LogP contribution < -0.4 is 10.0 Å². The number of likely N-dealkylation sites (N-methyl/N-ethyl adjacent to an activating group) is 1. The van der Waals surface area contributed by atoms with Crippen molar-refractivity contribution in [1.82, 2.24) is 10.2 Å². The molecule has 0 atom stereocenters. The first-order chi connectivity index (χ1) is 14.8. The highest BCUT2D eigenvalue weighted by molar-refractivity contribution is 7.92. The Hall–Kier alpha value is -3.39. The van der Waals surface area contributed by atoms with Crippen LogP contribution in [0.25, 0.3) is 10.8 Å². The molecule has 162 valence electrons. The number of rotatable bonds is 8. The lowest BCUT2D eigenvalue weighted by Gasteiger charge is -2.18. The summed E-state index contributed by atoms with van der Waals surface area (Å²) in [6.07, 6.45) is 0. The van der Waals surface area contributed by atoms with E-state index in [-0.39, 0.29) is 17.3 Å². The molecule has 0 unspecified atom stereocenters. The quantitative estimate of drug-likeness (QED) is 0.563. The number of hydrogen-bond acceptors (Lipinski definition) is 4. The van der Waals surface area contributed by atoms with Crippen molar-refractivity contribution in [2.45, 2.75) is 18.7 Å². The SMILES string of the molecule is CCN(CC)C(=O)CNC(=O)c1ccc(NS(=O)(=O)c2ccc3ccccc3c2)cc1. The number of amides is 2. The molecule has 0 saturated carbocycles. The number of fused-ring (bicyclic) bond motifs is 1. The maximum Gasteiger partial charge on any atom is 0.261 e. The highest BCUT2D eigenvalue weighted by atomic mass is 32.2. The number of nitrogens with one attached hydrogen (secondary N) is 2. The first kappa shape index (κ1) is 22.3. The van der Waals surface area contributed by atoms with E-state index in [4.69, 9.17) is 0 Å². The summed E-state index contributed by atoms with van der Waals surface area (Å²) in [6, 6.07) is 18.5. The molecule has 3 rings (SSSR count). The van der Waals surface area contributed by atoms with Crippen LogP contribution in [0.3, 0.4) is 0 Å². The summed E-state index contributed by atoms with van der Waals surface area (Å²) >= 11 is 0. The zero-order chi connectivity index (χ0) is 22.4. The number of nitrogens with zero attached hydrogens (tertiary/aromatic N) is 1. The molecular weight excluding hydrogens is 414 g/mol. The van der Waals surface area contributed by atoms with Crippen LogP contribution in [0.4, 0.5) is 5.69 Å². The molecule has 7 nitrogen and oxygen atoms in total. The van der Waals surface area contributed by atoms with Gasteiger partial charge in [-0.25, -0.2) is 8.42 Å². The van der Waals surface area contributed by atoms with E-state index in [1.807, 2.05) is 38.1 Å². The summed E-state index contributed by atoms with van der Waals surface area (Å²) in [5.41, 5.74) is 0.671. The van der Waals surface area contributed by atoms with Crippen molar-refractivity contribution in [1.29, 1.82) is 0 Å². The van der Waals surface area contributed by atoms with Crippen molar-refractivity contribution in [3.05, 3.63) is 72.3 Å². The second kappa shape index (κ2) is 9.61. The van der Waals surface area contributed by atoms with Crippen LogP contribution in [0.2, 0.25) is 0 Å². The Morgan fingerprint density at radius 1 is 0.871 bits per heavy atom. The third-order valence-electron chi connectivity index (χ3n) is 4.95. The van der Waals surface area contributed by atoms with Gasteiger partial charge in [0.25, 0.3) is 15.9 Å². The molecule has 3 aromatic carbocycles. The van der Waals surface area contributed by atoms with Crippen molar-refractivity contribution in [3.63, 3.8) is 0 Å². The van der Waals surface area contributed by atoms with Crippen LogP contribution in [0, 0.1) is 0 Å². The van der Waals surface area contributed by atoms with Gasteiger partial charge in [-0.05, 0) is 61.0 Å². The number of carbonyl (C=O) groups is 2. The van der Waals surface area contributed by atoms with Gasteiger partial charge in [0.15, 0.2) is 0 Å². The maximum absolute atomic E-state index is 12.7. The molecule has 2 amide bonds.